The van der Waals surface area contributed by atoms with Gasteiger partial charge in [-0.3, -0.25) is 29.4 Å². The molecule has 1 spiro atoms. The van der Waals surface area contributed by atoms with Crippen LogP contribution in [0.3, 0.4) is 0 Å². The molecule has 2 aromatic rings. The van der Waals surface area contributed by atoms with Crippen molar-refractivity contribution in [3.63, 3.8) is 0 Å². The van der Waals surface area contributed by atoms with Crippen molar-refractivity contribution in [2.24, 2.45) is 11.8 Å². The minimum absolute atomic E-state index is 0.146. The number of hydrogen-bond acceptors (Lipinski definition) is 6. The lowest BCUT2D eigenvalue weighted by Gasteiger charge is -2.37. The van der Waals surface area contributed by atoms with E-state index in [1.54, 1.807) is 24.0 Å². The summed E-state index contributed by atoms with van der Waals surface area (Å²) in [5.41, 5.74) is 0.825. The van der Waals surface area contributed by atoms with Crippen LogP contribution in [0.4, 0.5) is 17.1 Å². The fourth-order valence-corrected chi connectivity index (χ4v) is 6.84. The van der Waals surface area contributed by atoms with Crippen molar-refractivity contribution in [3.05, 3.63) is 63.7 Å². The van der Waals surface area contributed by atoms with E-state index in [1.165, 1.54) is 6.07 Å². The molecule has 4 heterocycles. The first-order valence-corrected chi connectivity index (χ1v) is 11.6. The molecule has 174 valence electrons. The van der Waals surface area contributed by atoms with Crippen molar-refractivity contribution < 1.29 is 19.3 Å². The maximum Gasteiger partial charge on any atom is 0.274 e. The average Bonchev–Trinajstić information content (AvgIpc) is 3.52. The van der Waals surface area contributed by atoms with Crippen molar-refractivity contribution in [2.75, 3.05) is 22.9 Å². The van der Waals surface area contributed by atoms with E-state index in [0.717, 1.165) is 29.0 Å². The number of nitro groups is 1. The zero-order valence-electron chi connectivity index (χ0n) is 18.9. The van der Waals surface area contributed by atoms with Gasteiger partial charge in [-0.2, -0.15) is 0 Å². The van der Waals surface area contributed by atoms with Crippen LogP contribution in [0.5, 0.6) is 0 Å². The van der Waals surface area contributed by atoms with Crippen LogP contribution < -0.4 is 9.80 Å². The average molecular weight is 460 g/mol. The van der Waals surface area contributed by atoms with Crippen LogP contribution in [0.1, 0.15) is 30.9 Å². The van der Waals surface area contributed by atoms with E-state index in [-0.39, 0.29) is 29.2 Å². The van der Waals surface area contributed by atoms with Crippen LogP contribution in [0.2, 0.25) is 0 Å². The Morgan fingerprint density at radius 3 is 2.62 bits per heavy atom. The highest BCUT2D eigenvalue weighted by molar-refractivity contribution is 6.26. The largest absolute Gasteiger partial charge is 0.310 e. The number of hydrogen-bond donors (Lipinski definition) is 0. The third kappa shape index (κ3) is 2.30. The molecule has 3 saturated heterocycles. The minimum Gasteiger partial charge on any atom is -0.310 e. The second kappa shape index (κ2) is 6.96. The van der Waals surface area contributed by atoms with Gasteiger partial charge in [-0.15, -0.1) is 0 Å². The number of nitrogens with zero attached hydrogens (tertiary/aromatic N) is 4. The molecule has 0 aromatic heterocycles. The third-order valence-electron chi connectivity index (χ3n) is 8.11. The van der Waals surface area contributed by atoms with Gasteiger partial charge in [-0.1, -0.05) is 24.3 Å². The summed E-state index contributed by atoms with van der Waals surface area (Å²) in [5, 5.41) is 11.5. The number of rotatable bonds is 3. The number of aryl methyl sites for hydroxylation is 1. The number of likely N-dealkylation sites (N-methyl/N-ethyl adjacent to an activating group) is 1. The first-order chi connectivity index (χ1) is 16.3. The van der Waals surface area contributed by atoms with Gasteiger partial charge in [0.1, 0.15) is 5.54 Å². The van der Waals surface area contributed by atoms with Crippen LogP contribution in [0.15, 0.2) is 42.5 Å². The molecule has 6 rings (SSSR count). The Morgan fingerprint density at radius 1 is 1.12 bits per heavy atom. The molecule has 0 bridgehead atoms. The van der Waals surface area contributed by atoms with Crippen LogP contribution in [-0.4, -0.2) is 46.7 Å². The maximum absolute atomic E-state index is 14.1. The fraction of sp³-hybridized carbons (Fsp3) is 0.400. The summed E-state index contributed by atoms with van der Waals surface area (Å²) in [7, 11) is 0. The van der Waals surface area contributed by atoms with Gasteiger partial charge in [-0.25, -0.2) is 4.90 Å². The van der Waals surface area contributed by atoms with Crippen molar-refractivity contribution >= 4 is 34.8 Å². The van der Waals surface area contributed by atoms with E-state index < -0.39 is 28.2 Å². The van der Waals surface area contributed by atoms with Gasteiger partial charge in [0.05, 0.1) is 22.4 Å². The Balaban J connectivity index is 1.54. The van der Waals surface area contributed by atoms with E-state index in [0.29, 0.717) is 18.7 Å². The van der Waals surface area contributed by atoms with Crippen LogP contribution in [-0.2, 0) is 19.9 Å². The third-order valence-corrected chi connectivity index (χ3v) is 8.11. The number of amides is 3. The molecule has 0 aliphatic carbocycles. The van der Waals surface area contributed by atoms with Crippen molar-refractivity contribution in [1.82, 2.24) is 4.90 Å². The van der Waals surface area contributed by atoms with E-state index in [4.69, 9.17) is 0 Å². The summed E-state index contributed by atoms with van der Waals surface area (Å²) in [6.45, 7) is 4.62. The molecule has 3 amide bonds. The van der Waals surface area contributed by atoms with Gasteiger partial charge in [-0.05, 0) is 45.4 Å². The second-order valence-corrected chi connectivity index (χ2v) is 9.48. The lowest BCUT2D eigenvalue weighted by molar-refractivity contribution is -0.385. The number of nitro benzene ring substituents is 1. The molecule has 0 unspecified atom stereocenters. The lowest BCUT2D eigenvalue weighted by atomic mass is 9.75. The number of anilines is 2. The van der Waals surface area contributed by atoms with Crippen LogP contribution in [0, 0.1) is 28.9 Å². The predicted molar refractivity (Wildman–Crippen MR) is 123 cm³/mol. The number of fused-ring (bicyclic) bond motifs is 7. The summed E-state index contributed by atoms with van der Waals surface area (Å²) < 4.78 is 0. The highest BCUT2D eigenvalue weighted by Crippen LogP contribution is 2.61. The Labute approximate surface area is 196 Å². The van der Waals surface area contributed by atoms with Crippen molar-refractivity contribution in [1.29, 1.82) is 0 Å². The van der Waals surface area contributed by atoms with Gasteiger partial charge in [0.25, 0.3) is 11.6 Å². The summed E-state index contributed by atoms with van der Waals surface area (Å²) in [4.78, 5) is 57.8. The Morgan fingerprint density at radius 2 is 1.88 bits per heavy atom. The topological polar surface area (TPSA) is 104 Å². The Bertz CT molecular complexity index is 1290. The SMILES string of the molecule is CCN1C(=O)[C@@]2(c3ccccc31)[C@@H]1C(=O)N(c3ccc(C)c([N+](=O)[O-])c3)C(=O)[C@@H]1[C@@H]1CCCN12. The number of carbonyl (C=O) groups is 3. The smallest absolute Gasteiger partial charge is 0.274 e. The molecule has 0 N–H and O–H groups in total. The molecule has 4 aliphatic rings. The van der Waals surface area contributed by atoms with E-state index in [2.05, 4.69) is 4.90 Å². The molecule has 4 aliphatic heterocycles. The number of para-hydroxylation sites is 1. The molecule has 2 aromatic carbocycles. The second-order valence-electron chi connectivity index (χ2n) is 9.48. The molecular weight excluding hydrogens is 436 g/mol. The number of carbonyl (C=O) groups excluding carboxylic acids is 3. The summed E-state index contributed by atoms with van der Waals surface area (Å²) in [6.07, 6.45) is 1.57. The summed E-state index contributed by atoms with van der Waals surface area (Å²) >= 11 is 0. The Kier molecular flexibility index (Phi) is 4.29. The van der Waals surface area contributed by atoms with Gasteiger partial charge in [0.2, 0.25) is 11.8 Å². The summed E-state index contributed by atoms with van der Waals surface area (Å²) in [6, 6.07) is 11.7. The minimum atomic E-state index is -1.23. The zero-order chi connectivity index (χ0) is 23.9. The first-order valence-electron chi connectivity index (χ1n) is 11.6. The molecule has 4 atom stereocenters. The highest BCUT2D eigenvalue weighted by atomic mass is 16.6. The number of benzene rings is 2. The van der Waals surface area contributed by atoms with Crippen LogP contribution in [0.25, 0.3) is 0 Å². The Hall–Kier alpha value is -3.59. The van der Waals surface area contributed by atoms with E-state index in [1.807, 2.05) is 31.2 Å². The van der Waals surface area contributed by atoms with E-state index >= 15 is 0 Å². The van der Waals surface area contributed by atoms with Gasteiger partial charge >= 0.3 is 0 Å². The van der Waals surface area contributed by atoms with Crippen LogP contribution >= 0.6 is 0 Å². The lowest BCUT2D eigenvalue weighted by Crippen LogP contribution is -2.56. The molecule has 0 saturated carbocycles. The number of imide groups is 1. The normalized spacial score (nSPS) is 29.8. The summed E-state index contributed by atoms with van der Waals surface area (Å²) in [5.74, 6) is -2.51. The van der Waals surface area contributed by atoms with Crippen molar-refractivity contribution in [3.8, 4) is 0 Å². The van der Waals surface area contributed by atoms with Gasteiger partial charge in [0.15, 0.2) is 0 Å². The molecule has 9 nitrogen and oxygen atoms in total. The molecule has 3 fully saturated rings. The quantitative estimate of drug-likeness (QED) is 0.396. The fourth-order valence-electron chi connectivity index (χ4n) is 6.84. The van der Waals surface area contributed by atoms with Gasteiger partial charge < -0.3 is 4.90 Å². The monoisotopic (exact) mass is 460 g/mol. The standard InChI is InChI=1S/C25H24N4O5/c1-3-26-17-8-5-4-7-16(17)25(24(26)32)21-20(18-9-6-12-27(18)25)22(30)28(23(21)31)15-11-10-14(2)19(13-15)29(33)34/h4-5,7-8,10-11,13,18,20-21H,3,6,9,12H2,1-2H3/t18-,20+,21-,25+/m0/s1. The molecular formula is C25H24N4O5. The molecule has 0 radical (unpaired) electrons. The van der Waals surface area contributed by atoms with E-state index in [9.17, 15) is 24.5 Å². The predicted octanol–water partition coefficient (Wildman–Crippen LogP) is 2.75. The van der Waals surface area contributed by atoms with Crippen molar-refractivity contribution in [2.45, 2.75) is 38.3 Å². The maximum atomic E-state index is 14.1. The highest BCUT2D eigenvalue weighted by Gasteiger charge is 2.75. The molecule has 34 heavy (non-hydrogen) atoms. The molecule has 9 heteroatoms. The zero-order valence-corrected chi connectivity index (χ0v) is 18.9. The van der Waals surface area contributed by atoms with Gasteiger partial charge in [0, 0.05) is 35.5 Å². The first kappa shape index (κ1) is 21.0.